The molecule has 2 heterocycles. The van der Waals surface area contributed by atoms with Crippen molar-refractivity contribution in [3.63, 3.8) is 0 Å². The highest BCUT2D eigenvalue weighted by molar-refractivity contribution is 6.23. The summed E-state index contributed by atoms with van der Waals surface area (Å²) in [7, 11) is 0. The highest BCUT2D eigenvalue weighted by Gasteiger charge is 2.40. The number of carbonyl (C=O) groups is 1. The molecule has 2 aliphatic rings. The molecule has 0 amide bonds. The van der Waals surface area contributed by atoms with E-state index in [1.54, 1.807) is 4.68 Å². The van der Waals surface area contributed by atoms with Crippen LogP contribution in [0.2, 0.25) is 0 Å². The number of hydrogen-bond acceptors (Lipinski definition) is 4. The lowest BCUT2D eigenvalue weighted by Gasteiger charge is -2.26. The minimum atomic E-state index is -0.259. The van der Waals surface area contributed by atoms with Crippen LogP contribution in [-0.2, 0) is 0 Å². The number of aromatic nitrogens is 3. The average Bonchev–Trinajstić information content (AvgIpc) is 3.18. The van der Waals surface area contributed by atoms with Gasteiger partial charge in [0, 0.05) is 11.1 Å². The van der Waals surface area contributed by atoms with Crippen molar-refractivity contribution >= 4 is 17.4 Å². The Balaban J connectivity index is 1.79. The van der Waals surface area contributed by atoms with Crippen molar-refractivity contribution in [2.45, 2.75) is 6.04 Å². The van der Waals surface area contributed by atoms with Crippen LogP contribution in [0.1, 0.15) is 27.5 Å². The molecule has 5 heteroatoms. The molecular formula is C18H12N4O. The van der Waals surface area contributed by atoms with Gasteiger partial charge in [-0.2, -0.15) is 10.1 Å². The van der Waals surface area contributed by atoms with Gasteiger partial charge >= 0.3 is 0 Å². The fourth-order valence-electron chi connectivity index (χ4n) is 3.40. The van der Waals surface area contributed by atoms with Crippen molar-refractivity contribution in [2.75, 3.05) is 5.32 Å². The predicted octanol–water partition coefficient (Wildman–Crippen LogP) is 2.90. The maximum absolute atomic E-state index is 13.0. The second kappa shape index (κ2) is 4.39. The Morgan fingerprint density at radius 1 is 0.957 bits per heavy atom. The average molecular weight is 300 g/mol. The zero-order valence-electron chi connectivity index (χ0n) is 12.1. The molecule has 110 valence electrons. The van der Waals surface area contributed by atoms with Crippen molar-refractivity contribution in [1.82, 2.24) is 14.8 Å². The molecule has 0 spiro atoms. The van der Waals surface area contributed by atoms with Gasteiger partial charge in [0.2, 0.25) is 5.95 Å². The van der Waals surface area contributed by atoms with Gasteiger partial charge in [-0.3, -0.25) is 4.79 Å². The number of hydrogen-bond donors (Lipinski definition) is 1. The summed E-state index contributed by atoms with van der Waals surface area (Å²) in [6.45, 7) is 0. The molecule has 3 aromatic rings. The zero-order valence-corrected chi connectivity index (χ0v) is 12.1. The Hall–Kier alpha value is -3.21. The van der Waals surface area contributed by atoms with Crippen molar-refractivity contribution in [3.8, 4) is 0 Å². The molecule has 1 aromatic heterocycles. The fourth-order valence-corrected chi connectivity index (χ4v) is 3.40. The molecule has 23 heavy (non-hydrogen) atoms. The topological polar surface area (TPSA) is 59.8 Å². The third-order valence-corrected chi connectivity index (χ3v) is 4.40. The van der Waals surface area contributed by atoms with Gasteiger partial charge in [0.1, 0.15) is 12.4 Å². The van der Waals surface area contributed by atoms with Crippen molar-refractivity contribution in [1.29, 1.82) is 0 Å². The summed E-state index contributed by atoms with van der Waals surface area (Å²) in [5.74, 6) is 0.709. The van der Waals surface area contributed by atoms with Gasteiger partial charge in [0.25, 0.3) is 0 Å². The molecule has 0 fully saturated rings. The Morgan fingerprint density at radius 3 is 2.52 bits per heavy atom. The lowest BCUT2D eigenvalue weighted by molar-refractivity contribution is 0.102. The van der Waals surface area contributed by atoms with E-state index in [0.29, 0.717) is 5.95 Å². The van der Waals surface area contributed by atoms with Gasteiger partial charge in [-0.05, 0) is 5.56 Å². The van der Waals surface area contributed by atoms with E-state index in [1.807, 2.05) is 54.6 Å². The van der Waals surface area contributed by atoms with Crippen LogP contribution in [0.5, 0.6) is 0 Å². The van der Waals surface area contributed by atoms with E-state index in [-0.39, 0.29) is 11.8 Å². The molecule has 0 saturated heterocycles. The molecule has 0 saturated carbocycles. The number of ketones is 1. The summed E-state index contributed by atoms with van der Waals surface area (Å²) >= 11 is 0. The minimum Gasteiger partial charge on any atom is -0.323 e. The molecule has 5 nitrogen and oxygen atoms in total. The van der Waals surface area contributed by atoms with Gasteiger partial charge in [-0.25, -0.2) is 4.68 Å². The summed E-state index contributed by atoms with van der Waals surface area (Å²) in [5.41, 5.74) is 4.27. The number of nitrogens with zero attached hydrogens (tertiary/aromatic N) is 3. The molecule has 1 aliphatic carbocycles. The maximum atomic E-state index is 13.0. The summed E-state index contributed by atoms with van der Waals surface area (Å²) in [4.78, 5) is 17.3. The van der Waals surface area contributed by atoms with E-state index < -0.39 is 0 Å². The number of rotatable bonds is 1. The SMILES string of the molecule is O=C1C2=C(Nc3ncnn3[C@@H]2c2ccccc2)c2ccccc21. The molecule has 5 rings (SSSR count). The summed E-state index contributed by atoms with van der Waals surface area (Å²) < 4.78 is 1.78. The number of fused-ring (bicyclic) bond motifs is 3. The van der Waals surface area contributed by atoms with Gasteiger partial charge in [-0.15, -0.1) is 0 Å². The summed E-state index contributed by atoms with van der Waals surface area (Å²) in [6.07, 6.45) is 1.51. The lowest BCUT2D eigenvalue weighted by Crippen LogP contribution is -2.25. The Morgan fingerprint density at radius 2 is 1.70 bits per heavy atom. The van der Waals surface area contributed by atoms with E-state index in [2.05, 4.69) is 15.4 Å². The number of nitrogens with one attached hydrogen (secondary N) is 1. The predicted molar refractivity (Wildman–Crippen MR) is 85.9 cm³/mol. The first-order valence-electron chi connectivity index (χ1n) is 7.44. The van der Waals surface area contributed by atoms with Crippen LogP contribution >= 0.6 is 0 Å². The van der Waals surface area contributed by atoms with Gasteiger partial charge < -0.3 is 5.32 Å². The van der Waals surface area contributed by atoms with Crippen LogP contribution in [-0.4, -0.2) is 20.5 Å². The standard InChI is InChI=1S/C18H12N4O/c23-17-13-9-5-4-8-12(13)15-14(17)16(11-6-2-1-3-7-11)22-18(21-15)19-10-20-22/h1-10,16H,(H,19,20,21)/t16-/m1/s1. The van der Waals surface area contributed by atoms with E-state index in [1.165, 1.54) is 6.33 Å². The monoisotopic (exact) mass is 300 g/mol. The molecule has 1 aliphatic heterocycles. The number of anilines is 1. The molecule has 0 bridgehead atoms. The Kier molecular flexibility index (Phi) is 2.36. The molecule has 1 N–H and O–H groups in total. The minimum absolute atomic E-state index is 0.0538. The number of allylic oxidation sites excluding steroid dienone is 1. The van der Waals surface area contributed by atoms with Crippen molar-refractivity contribution in [2.24, 2.45) is 0 Å². The van der Waals surface area contributed by atoms with E-state index >= 15 is 0 Å². The fraction of sp³-hybridized carbons (Fsp3) is 0.0556. The van der Waals surface area contributed by atoms with Gasteiger partial charge in [-0.1, -0.05) is 54.6 Å². The second-order valence-electron chi connectivity index (χ2n) is 5.63. The molecule has 1 atom stereocenters. The molecule has 0 unspecified atom stereocenters. The number of carbonyl (C=O) groups excluding carboxylic acids is 1. The van der Waals surface area contributed by atoms with Crippen LogP contribution in [0, 0.1) is 0 Å². The second-order valence-corrected chi connectivity index (χ2v) is 5.63. The first-order chi connectivity index (χ1) is 11.3. The summed E-state index contributed by atoms with van der Waals surface area (Å²) in [5, 5.41) is 7.60. The van der Waals surface area contributed by atoms with Gasteiger partial charge in [0.05, 0.1) is 11.3 Å². The quantitative estimate of drug-likeness (QED) is 0.750. The van der Waals surface area contributed by atoms with Crippen molar-refractivity contribution in [3.05, 3.63) is 83.2 Å². The van der Waals surface area contributed by atoms with Crippen LogP contribution in [0.15, 0.2) is 66.5 Å². The van der Waals surface area contributed by atoms with E-state index in [0.717, 1.165) is 28.0 Å². The van der Waals surface area contributed by atoms with E-state index in [9.17, 15) is 4.79 Å². The third-order valence-electron chi connectivity index (χ3n) is 4.40. The van der Waals surface area contributed by atoms with E-state index in [4.69, 9.17) is 0 Å². The first-order valence-corrected chi connectivity index (χ1v) is 7.44. The van der Waals surface area contributed by atoms with Crippen LogP contribution in [0.25, 0.3) is 5.70 Å². The highest BCUT2D eigenvalue weighted by atomic mass is 16.1. The highest BCUT2D eigenvalue weighted by Crippen LogP contribution is 2.44. The third kappa shape index (κ3) is 1.59. The maximum Gasteiger partial charge on any atom is 0.226 e. The van der Waals surface area contributed by atoms with Crippen LogP contribution in [0.4, 0.5) is 5.95 Å². The largest absolute Gasteiger partial charge is 0.323 e. The Bertz CT molecular complexity index is 971. The zero-order chi connectivity index (χ0) is 15.4. The molecule has 2 aromatic carbocycles. The van der Waals surface area contributed by atoms with Crippen LogP contribution in [0.3, 0.4) is 0 Å². The first kappa shape index (κ1) is 12.3. The number of Topliss-reactive ketones (excluding diaryl/α,β-unsaturated/α-hetero) is 1. The smallest absolute Gasteiger partial charge is 0.226 e. The Labute approximate surface area is 132 Å². The summed E-state index contributed by atoms with van der Waals surface area (Å²) in [6, 6.07) is 17.4. The number of benzene rings is 2. The molecular weight excluding hydrogens is 288 g/mol. The normalized spacial score (nSPS) is 18.3. The van der Waals surface area contributed by atoms with Crippen LogP contribution < -0.4 is 5.32 Å². The lowest BCUT2D eigenvalue weighted by atomic mass is 9.94. The van der Waals surface area contributed by atoms with Gasteiger partial charge in [0.15, 0.2) is 5.78 Å². The molecule has 0 radical (unpaired) electrons. The van der Waals surface area contributed by atoms with Crippen molar-refractivity contribution < 1.29 is 4.79 Å².